The van der Waals surface area contributed by atoms with Crippen molar-refractivity contribution in [2.75, 3.05) is 11.1 Å². The number of carbonyl (C=O) groups excluding carboxylic acids is 2. The zero-order valence-electron chi connectivity index (χ0n) is 10.2. The Balaban J connectivity index is 1.91. The van der Waals surface area contributed by atoms with Gasteiger partial charge in [-0.3, -0.25) is 14.7 Å². The third-order valence-corrected chi connectivity index (χ3v) is 3.16. The van der Waals surface area contributed by atoms with Gasteiger partial charge < -0.3 is 5.32 Å². The Kier molecular flexibility index (Phi) is 4.30. The second-order valence-corrected chi connectivity index (χ2v) is 4.73. The summed E-state index contributed by atoms with van der Waals surface area (Å²) in [6.45, 7) is 1.49. The summed E-state index contributed by atoms with van der Waals surface area (Å²) in [6.07, 6.45) is 1.39. The molecule has 1 aromatic heterocycles. The Bertz CT molecular complexity index is 583. The molecule has 0 aliphatic rings. The molecule has 0 aliphatic heterocycles. The first-order valence-electron chi connectivity index (χ1n) is 5.54. The maximum absolute atomic E-state index is 11.7. The summed E-state index contributed by atoms with van der Waals surface area (Å²) in [5, 5.41) is 9.66. The highest BCUT2D eigenvalue weighted by atomic mass is 32.2. The van der Waals surface area contributed by atoms with Crippen LogP contribution in [-0.4, -0.2) is 32.6 Å². The average molecular weight is 276 g/mol. The lowest BCUT2D eigenvalue weighted by atomic mass is 10.1. The number of anilines is 1. The van der Waals surface area contributed by atoms with Crippen LogP contribution in [0.2, 0.25) is 0 Å². The SMILES string of the molecule is CC(=O)c1cccc(NC(=O)CSc2ncn[nH]2)c1. The Labute approximate surface area is 114 Å². The van der Waals surface area contributed by atoms with Gasteiger partial charge in [0.05, 0.1) is 5.75 Å². The van der Waals surface area contributed by atoms with Gasteiger partial charge in [-0.25, -0.2) is 4.98 Å². The van der Waals surface area contributed by atoms with Crippen molar-refractivity contribution < 1.29 is 9.59 Å². The standard InChI is InChI=1S/C12H12N4O2S/c1-8(17)9-3-2-4-10(5-9)15-11(18)6-19-12-13-7-14-16-12/h2-5,7H,6H2,1H3,(H,15,18)(H,13,14,16). The summed E-state index contributed by atoms with van der Waals surface area (Å²) >= 11 is 1.26. The summed E-state index contributed by atoms with van der Waals surface area (Å²) in [5.74, 6) is 0.0219. The molecular formula is C12H12N4O2S. The molecule has 0 spiro atoms. The highest BCUT2D eigenvalue weighted by molar-refractivity contribution is 7.99. The Morgan fingerprint density at radius 2 is 2.26 bits per heavy atom. The molecule has 0 radical (unpaired) electrons. The highest BCUT2D eigenvalue weighted by Crippen LogP contribution is 2.14. The van der Waals surface area contributed by atoms with E-state index >= 15 is 0 Å². The normalized spacial score (nSPS) is 10.2. The van der Waals surface area contributed by atoms with Gasteiger partial charge in [0.15, 0.2) is 10.9 Å². The topological polar surface area (TPSA) is 87.7 Å². The number of hydrogen-bond donors (Lipinski definition) is 2. The first-order chi connectivity index (χ1) is 9.15. The van der Waals surface area contributed by atoms with Crippen LogP contribution in [0.5, 0.6) is 0 Å². The minimum absolute atomic E-state index is 0.0351. The Morgan fingerprint density at radius 1 is 1.42 bits per heavy atom. The maximum Gasteiger partial charge on any atom is 0.234 e. The van der Waals surface area contributed by atoms with Gasteiger partial charge in [0.25, 0.3) is 0 Å². The number of aromatic amines is 1. The van der Waals surface area contributed by atoms with E-state index in [0.717, 1.165) is 0 Å². The minimum atomic E-state index is -0.165. The van der Waals surface area contributed by atoms with Crippen LogP contribution in [0.15, 0.2) is 35.7 Å². The first-order valence-corrected chi connectivity index (χ1v) is 6.53. The molecule has 0 saturated carbocycles. The number of amides is 1. The summed E-state index contributed by atoms with van der Waals surface area (Å²) in [7, 11) is 0. The summed E-state index contributed by atoms with van der Waals surface area (Å²) < 4.78 is 0. The lowest BCUT2D eigenvalue weighted by Crippen LogP contribution is -2.14. The summed E-state index contributed by atoms with van der Waals surface area (Å²) in [4.78, 5) is 26.8. The molecule has 6 nitrogen and oxygen atoms in total. The van der Waals surface area contributed by atoms with Crippen LogP contribution in [0.3, 0.4) is 0 Å². The number of hydrogen-bond acceptors (Lipinski definition) is 5. The van der Waals surface area contributed by atoms with E-state index in [0.29, 0.717) is 16.4 Å². The molecule has 2 N–H and O–H groups in total. The number of H-pyrrole nitrogens is 1. The van der Waals surface area contributed by atoms with Gasteiger partial charge >= 0.3 is 0 Å². The molecule has 0 saturated heterocycles. The van der Waals surface area contributed by atoms with E-state index in [1.54, 1.807) is 24.3 Å². The second kappa shape index (κ2) is 6.14. The van der Waals surface area contributed by atoms with Crippen LogP contribution in [0.25, 0.3) is 0 Å². The van der Waals surface area contributed by atoms with Gasteiger partial charge in [0.2, 0.25) is 5.91 Å². The number of ketones is 1. The molecular weight excluding hydrogens is 264 g/mol. The predicted molar refractivity (Wildman–Crippen MR) is 72.2 cm³/mol. The van der Waals surface area contributed by atoms with Crippen molar-refractivity contribution in [3.8, 4) is 0 Å². The third-order valence-electron chi connectivity index (χ3n) is 2.29. The maximum atomic E-state index is 11.7. The molecule has 7 heteroatoms. The fourth-order valence-electron chi connectivity index (χ4n) is 1.41. The molecule has 19 heavy (non-hydrogen) atoms. The van der Waals surface area contributed by atoms with E-state index in [2.05, 4.69) is 20.5 Å². The van der Waals surface area contributed by atoms with Crippen molar-refractivity contribution in [1.82, 2.24) is 15.2 Å². The van der Waals surface area contributed by atoms with E-state index < -0.39 is 0 Å². The molecule has 0 atom stereocenters. The van der Waals surface area contributed by atoms with Crippen LogP contribution >= 0.6 is 11.8 Å². The zero-order valence-corrected chi connectivity index (χ0v) is 11.0. The molecule has 98 valence electrons. The zero-order chi connectivity index (χ0) is 13.7. The van der Waals surface area contributed by atoms with Crippen LogP contribution < -0.4 is 5.32 Å². The number of Topliss-reactive ketones (excluding diaryl/α,β-unsaturated/α-hetero) is 1. The third kappa shape index (κ3) is 3.92. The van der Waals surface area contributed by atoms with Gasteiger partial charge in [-0.1, -0.05) is 23.9 Å². The molecule has 2 rings (SSSR count). The lowest BCUT2D eigenvalue weighted by molar-refractivity contribution is -0.113. The van der Waals surface area contributed by atoms with Gasteiger partial charge in [-0.2, -0.15) is 5.10 Å². The van der Waals surface area contributed by atoms with Crippen molar-refractivity contribution in [2.24, 2.45) is 0 Å². The minimum Gasteiger partial charge on any atom is -0.325 e. The number of aromatic nitrogens is 3. The van der Waals surface area contributed by atoms with Crippen molar-refractivity contribution in [3.63, 3.8) is 0 Å². The van der Waals surface area contributed by atoms with E-state index in [9.17, 15) is 9.59 Å². The predicted octanol–water partition coefficient (Wildman–Crippen LogP) is 1.74. The number of rotatable bonds is 5. The van der Waals surface area contributed by atoms with Gasteiger partial charge in [-0.05, 0) is 19.1 Å². The molecule has 0 aliphatic carbocycles. The smallest absolute Gasteiger partial charge is 0.234 e. The molecule has 1 amide bonds. The second-order valence-electron chi connectivity index (χ2n) is 3.76. The Morgan fingerprint density at radius 3 is 2.95 bits per heavy atom. The van der Waals surface area contributed by atoms with Gasteiger partial charge in [-0.15, -0.1) is 0 Å². The molecule has 0 fully saturated rings. The molecule has 0 unspecified atom stereocenters. The van der Waals surface area contributed by atoms with E-state index in [1.807, 2.05) is 0 Å². The van der Waals surface area contributed by atoms with Crippen molar-refractivity contribution in [3.05, 3.63) is 36.2 Å². The van der Waals surface area contributed by atoms with Crippen molar-refractivity contribution in [2.45, 2.75) is 12.1 Å². The summed E-state index contributed by atoms with van der Waals surface area (Å²) in [6, 6.07) is 6.83. The van der Waals surface area contributed by atoms with E-state index in [-0.39, 0.29) is 17.4 Å². The van der Waals surface area contributed by atoms with Crippen LogP contribution in [0, 0.1) is 0 Å². The van der Waals surface area contributed by atoms with Crippen molar-refractivity contribution >= 4 is 29.1 Å². The van der Waals surface area contributed by atoms with Gasteiger partial charge in [0, 0.05) is 11.3 Å². The fraction of sp³-hybridized carbons (Fsp3) is 0.167. The lowest BCUT2D eigenvalue weighted by Gasteiger charge is -2.05. The number of carbonyl (C=O) groups is 2. The monoisotopic (exact) mass is 276 g/mol. The molecule has 0 bridgehead atoms. The number of thioether (sulfide) groups is 1. The largest absolute Gasteiger partial charge is 0.325 e. The first kappa shape index (κ1) is 13.3. The van der Waals surface area contributed by atoms with Crippen molar-refractivity contribution in [1.29, 1.82) is 0 Å². The van der Waals surface area contributed by atoms with Crippen LogP contribution in [0.1, 0.15) is 17.3 Å². The number of benzene rings is 1. The van der Waals surface area contributed by atoms with E-state index in [1.165, 1.54) is 25.0 Å². The van der Waals surface area contributed by atoms with E-state index in [4.69, 9.17) is 0 Å². The van der Waals surface area contributed by atoms with Gasteiger partial charge in [0.1, 0.15) is 6.33 Å². The number of nitrogens with one attached hydrogen (secondary N) is 2. The fourth-order valence-corrected chi connectivity index (χ4v) is 1.99. The van der Waals surface area contributed by atoms with Crippen LogP contribution in [-0.2, 0) is 4.79 Å². The molecule has 1 aromatic carbocycles. The molecule has 1 heterocycles. The van der Waals surface area contributed by atoms with Crippen LogP contribution in [0.4, 0.5) is 5.69 Å². The number of nitrogens with zero attached hydrogens (tertiary/aromatic N) is 2. The average Bonchev–Trinajstić information content (AvgIpc) is 2.90. The summed E-state index contributed by atoms with van der Waals surface area (Å²) in [5.41, 5.74) is 1.18. The molecule has 2 aromatic rings. The highest BCUT2D eigenvalue weighted by Gasteiger charge is 2.06. The quantitative estimate of drug-likeness (QED) is 0.641. The Hall–Kier alpha value is -2.15.